The van der Waals surface area contributed by atoms with E-state index in [9.17, 15) is 4.79 Å². The Morgan fingerprint density at radius 1 is 1.57 bits per heavy atom. The van der Waals surface area contributed by atoms with Crippen molar-refractivity contribution in [2.75, 3.05) is 13.2 Å². The van der Waals surface area contributed by atoms with Crippen molar-refractivity contribution in [2.45, 2.75) is 25.7 Å². The third-order valence-electron chi connectivity index (χ3n) is 2.47. The fraction of sp³-hybridized carbons (Fsp3) is 0.600. The van der Waals surface area contributed by atoms with E-state index in [4.69, 9.17) is 9.15 Å². The van der Waals surface area contributed by atoms with Crippen molar-refractivity contribution in [3.8, 4) is 0 Å². The van der Waals surface area contributed by atoms with Gasteiger partial charge in [0.2, 0.25) is 5.89 Å². The number of carbonyl (C=O) groups is 1. The van der Waals surface area contributed by atoms with E-state index in [1.54, 1.807) is 6.92 Å². The van der Waals surface area contributed by atoms with E-state index >= 15 is 0 Å². The molecular weight excluding hydrogens is 182 g/mol. The minimum Gasteiger partial charge on any atom is -0.437 e. The molecule has 0 spiro atoms. The van der Waals surface area contributed by atoms with Crippen molar-refractivity contribution < 1.29 is 13.9 Å². The van der Waals surface area contributed by atoms with Crippen LogP contribution in [0.5, 0.6) is 0 Å². The first-order valence-corrected chi connectivity index (χ1v) is 4.81. The molecule has 1 aliphatic heterocycles. The topological polar surface area (TPSA) is 52.3 Å². The summed E-state index contributed by atoms with van der Waals surface area (Å²) in [5, 5.41) is 0. The van der Waals surface area contributed by atoms with E-state index in [-0.39, 0.29) is 5.92 Å². The molecule has 0 bridgehead atoms. The molecule has 76 valence electrons. The van der Waals surface area contributed by atoms with Crippen molar-refractivity contribution in [3.63, 3.8) is 0 Å². The molecule has 0 amide bonds. The number of carbonyl (C=O) groups excluding carboxylic acids is 1. The molecular formula is C10H13NO3. The summed E-state index contributed by atoms with van der Waals surface area (Å²) in [6.45, 7) is 3.25. The van der Waals surface area contributed by atoms with Crippen LogP contribution < -0.4 is 0 Å². The molecule has 0 N–H and O–H groups in total. The van der Waals surface area contributed by atoms with E-state index in [0.717, 1.165) is 19.4 Å². The van der Waals surface area contributed by atoms with Gasteiger partial charge in [-0.25, -0.2) is 4.98 Å². The highest BCUT2D eigenvalue weighted by atomic mass is 16.5. The largest absolute Gasteiger partial charge is 0.437 e. The number of oxazole rings is 1. The average Bonchev–Trinajstić information content (AvgIpc) is 2.61. The summed E-state index contributed by atoms with van der Waals surface area (Å²) in [5.74, 6) is 1.20. The van der Waals surface area contributed by atoms with Crippen LogP contribution in [0.1, 0.15) is 40.9 Å². The molecule has 0 aromatic carbocycles. The Balaban J connectivity index is 2.18. The zero-order chi connectivity index (χ0) is 9.97. The Bertz CT molecular complexity index is 326. The predicted octanol–water partition coefficient (Wildman–Crippen LogP) is 1.69. The lowest BCUT2D eigenvalue weighted by Gasteiger charge is -2.18. The fourth-order valence-corrected chi connectivity index (χ4v) is 1.65. The minimum absolute atomic E-state index is 0.219. The highest BCUT2D eigenvalue weighted by Gasteiger charge is 2.22. The number of aldehydes is 1. The van der Waals surface area contributed by atoms with Gasteiger partial charge >= 0.3 is 0 Å². The molecule has 1 saturated heterocycles. The maximum absolute atomic E-state index is 10.6. The van der Waals surface area contributed by atoms with E-state index < -0.39 is 0 Å². The first-order chi connectivity index (χ1) is 6.81. The molecule has 1 aliphatic rings. The molecule has 0 saturated carbocycles. The number of ether oxygens (including phenoxy) is 1. The SMILES string of the molecule is Cc1nc(C2CCCOC2)oc1C=O. The third-order valence-corrected chi connectivity index (χ3v) is 2.47. The highest BCUT2D eigenvalue weighted by Crippen LogP contribution is 2.25. The summed E-state index contributed by atoms with van der Waals surface area (Å²) in [7, 11) is 0. The van der Waals surface area contributed by atoms with Gasteiger partial charge < -0.3 is 9.15 Å². The summed E-state index contributed by atoms with van der Waals surface area (Å²) >= 11 is 0. The molecule has 0 radical (unpaired) electrons. The van der Waals surface area contributed by atoms with Crippen molar-refractivity contribution in [2.24, 2.45) is 0 Å². The lowest BCUT2D eigenvalue weighted by Crippen LogP contribution is -2.15. The smallest absolute Gasteiger partial charge is 0.200 e. The number of nitrogens with zero attached hydrogens (tertiary/aromatic N) is 1. The van der Waals surface area contributed by atoms with Crippen LogP contribution in [0.4, 0.5) is 0 Å². The Morgan fingerprint density at radius 2 is 2.43 bits per heavy atom. The van der Waals surface area contributed by atoms with Crippen molar-refractivity contribution in [1.29, 1.82) is 0 Å². The first-order valence-electron chi connectivity index (χ1n) is 4.81. The lowest BCUT2D eigenvalue weighted by molar-refractivity contribution is 0.0720. The lowest BCUT2D eigenvalue weighted by atomic mass is 10.0. The molecule has 2 heterocycles. The zero-order valence-corrected chi connectivity index (χ0v) is 8.16. The number of rotatable bonds is 2. The second-order valence-electron chi connectivity index (χ2n) is 3.53. The average molecular weight is 195 g/mol. The molecule has 0 aliphatic carbocycles. The van der Waals surface area contributed by atoms with Gasteiger partial charge in [0.1, 0.15) is 0 Å². The Labute approximate surface area is 82.3 Å². The van der Waals surface area contributed by atoms with Crippen molar-refractivity contribution in [1.82, 2.24) is 4.98 Å². The number of aromatic nitrogens is 1. The molecule has 14 heavy (non-hydrogen) atoms. The van der Waals surface area contributed by atoms with E-state index in [1.807, 2.05) is 0 Å². The third kappa shape index (κ3) is 1.70. The van der Waals surface area contributed by atoms with E-state index in [0.29, 0.717) is 30.2 Å². The van der Waals surface area contributed by atoms with Crippen molar-refractivity contribution >= 4 is 6.29 Å². The summed E-state index contributed by atoms with van der Waals surface area (Å²) in [4.78, 5) is 14.8. The molecule has 4 heteroatoms. The van der Waals surface area contributed by atoms with Gasteiger partial charge in [0.15, 0.2) is 12.0 Å². The Morgan fingerprint density at radius 3 is 3.00 bits per heavy atom. The van der Waals surface area contributed by atoms with Crippen LogP contribution in [0.15, 0.2) is 4.42 Å². The van der Waals surface area contributed by atoms with Gasteiger partial charge in [0.25, 0.3) is 0 Å². The second kappa shape index (κ2) is 3.92. The standard InChI is InChI=1S/C10H13NO3/c1-7-9(5-12)14-10(11-7)8-3-2-4-13-6-8/h5,8H,2-4,6H2,1H3. The van der Waals surface area contributed by atoms with Crippen LogP contribution in [0.3, 0.4) is 0 Å². The van der Waals surface area contributed by atoms with Gasteiger partial charge in [-0.2, -0.15) is 0 Å². The van der Waals surface area contributed by atoms with Crippen LogP contribution in [0.25, 0.3) is 0 Å². The summed E-state index contributed by atoms with van der Waals surface area (Å²) in [5.41, 5.74) is 0.667. The fourth-order valence-electron chi connectivity index (χ4n) is 1.65. The number of aryl methyl sites for hydroxylation is 1. The van der Waals surface area contributed by atoms with Crippen LogP contribution >= 0.6 is 0 Å². The molecule has 4 nitrogen and oxygen atoms in total. The minimum atomic E-state index is 0.219. The summed E-state index contributed by atoms with van der Waals surface area (Å²) in [6, 6.07) is 0. The first kappa shape index (κ1) is 9.40. The van der Waals surface area contributed by atoms with Crippen LogP contribution in [-0.4, -0.2) is 24.5 Å². The zero-order valence-electron chi connectivity index (χ0n) is 8.16. The van der Waals surface area contributed by atoms with Crippen LogP contribution in [-0.2, 0) is 4.74 Å². The predicted molar refractivity (Wildman–Crippen MR) is 49.4 cm³/mol. The number of hydrogen-bond donors (Lipinski definition) is 0. The van der Waals surface area contributed by atoms with Gasteiger partial charge in [0.05, 0.1) is 18.2 Å². The summed E-state index contributed by atoms with van der Waals surface area (Å²) in [6.07, 6.45) is 2.76. The Kier molecular flexibility index (Phi) is 2.63. The van der Waals surface area contributed by atoms with Crippen LogP contribution in [0.2, 0.25) is 0 Å². The van der Waals surface area contributed by atoms with Gasteiger partial charge in [-0.15, -0.1) is 0 Å². The highest BCUT2D eigenvalue weighted by molar-refractivity contribution is 5.71. The van der Waals surface area contributed by atoms with Gasteiger partial charge in [-0.1, -0.05) is 0 Å². The van der Waals surface area contributed by atoms with E-state index in [1.165, 1.54) is 0 Å². The van der Waals surface area contributed by atoms with Crippen LogP contribution in [0, 0.1) is 6.92 Å². The molecule has 1 fully saturated rings. The molecule has 1 aromatic rings. The normalized spacial score (nSPS) is 22.2. The van der Waals surface area contributed by atoms with Gasteiger partial charge in [-0.3, -0.25) is 4.79 Å². The monoisotopic (exact) mass is 195 g/mol. The molecule has 1 atom stereocenters. The Hall–Kier alpha value is -1.16. The van der Waals surface area contributed by atoms with Gasteiger partial charge in [-0.05, 0) is 19.8 Å². The van der Waals surface area contributed by atoms with E-state index in [2.05, 4.69) is 4.98 Å². The van der Waals surface area contributed by atoms with Gasteiger partial charge in [0, 0.05) is 6.61 Å². The quantitative estimate of drug-likeness (QED) is 0.674. The molecule has 1 unspecified atom stereocenters. The maximum atomic E-state index is 10.6. The molecule has 1 aromatic heterocycles. The maximum Gasteiger partial charge on any atom is 0.200 e. The number of hydrogen-bond acceptors (Lipinski definition) is 4. The second-order valence-corrected chi connectivity index (χ2v) is 3.53. The molecule has 2 rings (SSSR count). The summed E-state index contributed by atoms with van der Waals surface area (Å²) < 4.78 is 10.7. The van der Waals surface area contributed by atoms with Crippen molar-refractivity contribution in [3.05, 3.63) is 17.3 Å².